The third-order valence-corrected chi connectivity index (χ3v) is 12.3. The van der Waals surface area contributed by atoms with Crippen molar-refractivity contribution >= 4 is 14.2 Å². The highest BCUT2D eigenvalue weighted by molar-refractivity contribution is 6.88. The summed E-state index contributed by atoms with van der Waals surface area (Å²) < 4.78 is 16.7. The maximum Gasteiger partial charge on any atom is 0.405 e. The van der Waals surface area contributed by atoms with Crippen LogP contribution in [0.25, 0.3) is 0 Å². The number of carbonyl (C=O) groups is 1. The molecular formula is C20H37NO4Si. The van der Waals surface area contributed by atoms with E-state index in [0.29, 0.717) is 16.6 Å². The van der Waals surface area contributed by atoms with Gasteiger partial charge >= 0.3 is 6.09 Å². The molecule has 0 radical (unpaired) electrons. The molecule has 0 saturated carbocycles. The van der Waals surface area contributed by atoms with Crippen LogP contribution in [-0.2, 0) is 14.2 Å². The summed E-state index contributed by atoms with van der Waals surface area (Å²) in [7, 11) is -1.62. The van der Waals surface area contributed by atoms with E-state index in [1.807, 2.05) is 26.0 Å². The van der Waals surface area contributed by atoms with Crippen molar-refractivity contribution in [3.05, 3.63) is 23.9 Å². The first-order valence-corrected chi connectivity index (χ1v) is 11.8. The van der Waals surface area contributed by atoms with Gasteiger partial charge in [-0.2, -0.15) is 0 Å². The summed E-state index contributed by atoms with van der Waals surface area (Å²) >= 11 is 0. The van der Waals surface area contributed by atoms with E-state index in [1.54, 1.807) is 0 Å². The summed E-state index contributed by atoms with van der Waals surface area (Å²) in [6.45, 7) is 18.0. The lowest BCUT2D eigenvalue weighted by molar-refractivity contribution is -0.289. The first kappa shape index (κ1) is 22.9. The zero-order chi connectivity index (χ0) is 20.2. The monoisotopic (exact) mass is 383 g/mol. The number of amides is 1. The van der Waals surface area contributed by atoms with Crippen LogP contribution in [0.15, 0.2) is 23.9 Å². The molecule has 26 heavy (non-hydrogen) atoms. The van der Waals surface area contributed by atoms with E-state index in [4.69, 9.17) is 19.9 Å². The fraction of sp³-hybridized carbons (Fsp3) is 0.750. The van der Waals surface area contributed by atoms with Crippen LogP contribution in [0.3, 0.4) is 0 Å². The number of allylic oxidation sites excluding steroid dienone is 2. The highest BCUT2D eigenvalue weighted by Gasteiger charge is 2.42. The summed E-state index contributed by atoms with van der Waals surface area (Å²) in [5.74, 6) is -0.691. The molecule has 6 heteroatoms. The van der Waals surface area contributed by atoms with Crippen molar-refractivity contribution in [2.75, 3.05) is 13.2 Å². The number of nitrogens with two attached hydrogens (primary N) is 1. The van der Waals surface area contributed by atoms with Gasteiger partial charge in [0.2, 0.25) is 0 Å². The van der Waals surface area contributed by atoms with Gasteiger partial charge in [0.15, 0.2) is 11.4 Å². The first-order chi connectivity index (χ1) is 11.9. The van der Waals surface area contributed by atoms with Gasteiger partial charge in [-0.05, 0) is 36.5 Å². The van der Waals surface area contributed by atoms with Gasteiger partial charge in [0, 0.05) is 0 Å². The molecule has 1 saturated heterocycles. The van der Waals surface area contributed by atoms with Crippen LogP contribution >= 0.6 is 0 Å². The quantitative estimate of drug-likeness (QED) is 0.499. The first-order valence-electron chi connectivity index (χ1n) is 9.50. The molecule has 0 aliphatic carbocycles. The highest BCUT2D eigenvalue weighted by Crippen LogP contribution is 2.42. The lowest BCUT2D eigenvalue weighted by atomic mass is 10.0. The molecule has 1 heterocycles. The van der Waals surface area contributed by atoms with Crippen LogP contribution in [0.1, 0.15) is 55.4 Å². The smallest absolute Gasteiger partial charge is 0.405 e. The molecule has 1 aliphatic rings. The van der Waals surface area contributed by atoms with Crippen molar-refractivity contribution in [1.82, 2.24) is 0 Å². The minimum Gasteiger partial charge on any atom is -0.434 e. The maximum absolute atomic E-state index is 11.3. The van der Waals surface area contributed by atoms with Crippen LogP contribution in [0.4, 0.5) is 4.79 Å². The Hall–Kier alpha value is -1.11. The Morgan fingerprint density at radius 3 is 1.85 bits per heavy atom. The van der Waals surface area contributed by atoms with Gasteiger partial charge < -0.3 is 19.9 Å². The summed E-state index contributed by atoms with van der Waals surface area (Å²) in [6.07, 6.45) is 5.02. The van der Waals surface area contributed by atoms with Crippen LogP contribution in [0, 0.1) is 0 Å². The van der Waals surface area contributed by atoms with E-state index < -0.39 is 25.6 Å². The zero-order valence-corrected chi connectivity index (χ0v) is 18.7. The predicted octanol–water partition coefficient (Wildman–Crippen LogP) is 4.93. The fourth-order valence-corrected chi connectivity index (χ4v) is 9.69. The van der Waals surface area contributed by atoms with Gasteiger partial charge in [-0.25, -0.2) is 4.79 Å². The number of hydrogen-bond donors (Lipinski definition) is 1. The number of carbonyl (C=O) groups excluding carboxylic acids is 1. The molecule has 150 valence electrons. The van der Waals surface area contributed by atoms with E-state index in [-0.39, 0.29) is 13.2 Å². The molecule has 2 N–H and O–H groups in total. The third-order valence-electron chi connectivity index (χ3n) is 5.53. The second-order valence-corrected chi connectivity index (χ2v) is 14.4. The lowest BCUT2D eigenvalue weighted by Crippen LogP contribution is -2.53. The Balaban J connectivity index is 3.03. The Labute approximate surface area is 160 Å². The maximum atomic E-state index is 11.3. The van der Waals surface area contributed by atoms with E-state index in [0.717, 1.165) is 0 Å². The molecule has 5 nitrogen and oxygen atoms in total. The van der Waals surface area contributed by atoms with Crippen LogP contribution in [0.2, 0.25) is 16.6 Å². The largest absolute Gasteiger partial charge is 0.434 e. The van der Waals surface area contributed by atoms with Gasteiger partial charge in [-0.15, -0.1) is 0 Å². The molecule has 0 unspecified atom stereocenters. The highest BCUT2D eigenvalue weighted by atomic mass is 28.3. The Bertz CT molecular complexity index is 506. The summed E-state index contributed by atoms with van der Waals surface area (Å²) in [5, 5.41) is 0. The van der Waals surface area contributed by atoms with Gasteiger partial charge in [0.25, 0.3) is 0 Å². The van der Waals surface area contributed by atoms with Crippen molar-refractivity contribution in [1.29, 1.82) is 0 Å². The fourth-order valence-electron chi connectivity index (χ4n) is 4.10. The molecule has 0 aromatic carbocycles. The van der Waals surface area contributed by atoms with E-state index in [1.165, 1.54) is 0 Å². The normalized spacial score (nSPS) is 20.6. The SMILES string of the molecule is CC(C)[Si](C=CC=CC1(OC(N)=O)COC(C)(C)OC1)(C(C)C)C(C)C. The molecule has 1 rings (SSSR count). The molecule has 0 aromatic heterocycles. The average Bonchev–Trinajstić information content (AvgIpc) is 2.48. The number of hydrogen-bond acceptors (Lipinski definition) is 4. The van der Waals surface area contributed by atoms with E-state index in [9.17, 15) is 4.79 Å². The minimum atomic E-state index is -1.62. The second kappa shape index (κ2) is 8.72. The molecular weight excluding hydrogens is 346 g/mol. The average molecular weight is 384 g/mol. The number of primary amides is 1. The van der Waals surface area contributed by atoms with Crippen molar-refractivity contribution in [2.45, 2.75) is 83.4 Å². The van der Waals surface area contributed by atoms with E-state index >= 15 is 0 Å². The topological polar surface area (TPSA) is 70.8 Å². The molecule has 0 atom stereocenters. The Morgan fingerprint density at radius 1 is 1.00 bits per heavy atom. The molecule has 1 fully saturated rings. The Kier molecular flexibility index (Phi) is 7.69. The van der Waals surface area contributed by atoms with Crippen LogP contribution in [-0.4, -0.2) is 38.8 Å². The molecule has 0 spiro atoms. The van der Waals surface area contributed by atoms with Gasteiger partial charge in [-0.1, -0.05) is 59.4 Å². The number of ether oxygens (including phenoxy) is 3. The van der Waals surface area contributed by atoms with Crippen LogP contribution in [0.5, 0.6) is 0 Å². The van der Waals surface area contributed by atoms with Crippen molar-refractivity contribution in [3.63, 3.8) is 0 Å². The molecule has 0 bridgehead atoms. The summed E-state index contributed by atoms with van der Waals surface area (Å²) in [5.41, 5.74) is 8.61. The van der Waals surface area contributed by atoms with Crippen molar-refractivity contribution in [3.8, 4) is 0 Å². The zero-order valence-electron chi connectivity index (χ0n) is 17.7. The summed E-state index contributed by atoms with van der Waals surface area (Å²) in [4.78, 5) is 11.3. The minimum absolute atomic E-state index is 0.217. The van der Waals surface area contributed by atoms with Gasteiger partial charge in [0.1, 0.15) is 0 Å². The van der Waals surface area contributed by atoms with Gasteiger partial charge in [0.05, 0.1) is 21.3 Å². The number of rotatable bonds is 7. The molecule has 0 aromatic rings. The Morgan fingerprint density at radius 2 is 1.46 bits per heavy atom. The van der Waals surface area contributed by atoms with Crippen molar-refractivity contribution in [2.24, 2.45) is 5.73 Å². The predicted molar refractivity (Wildman–Crippen MR) is 109 cm³/mol. The summed E-state index contributed by atoms with van der Waals surface area (Å²) in [6, 6.07) is 0. The second-order valence-electron chi connectivity index (χ2n) is 8.65. The third kappa shape index (κ3) is 5.44. The lowest BCUT2D eigenvalue weighted by Gasteiger charge is -2.41. The standard InChI is InChI=1S/C20H37NO4Si/c1-15(2)26(16(3)4,17(5)6)12-10-9-11-20(25-18(21)22)13-23-19(7,8)24-14-20/h9-12,15-17H,13-14H2,1-8H3,(H2,21,22). The van der Waals surface area contributed by atoms with Crippen LogP contribution < -0.4 is 5.73 Å². The molecule has 1 aliphatic heterocycles. The van der Waals surface area contributed by atoms with E-state index in [2.05, 4.69) is 53.3 Å². The van der Waals surface area contributed by atoms with Crippen molar-refractivity contribution < 1.29 is 19.0 Å². The van der Waals surface area contributed by atoms with Gasteiger partial charge in [-0.3, -0.25) is 0 Å². The molecule has 1 amide bonds.